The fraction of sp³-hybridized carbons (Fsp3) is 0.750. The van der Waals surface area contributed by atoms with Crippen molar-refractivity contribution in [2.24, 2.45) is 0 Å². The van der Waals surface area contributed by atoms with Crippen LogP contribution in [0, 0.1) is 0 Å². The molecule has 4 rings (SSSR count). The van der Waals surface area contributed by atoms with Crippen LogP contribution in [0.3, 0.4) is 0 Å². The zero-order valence-electron chi connectivity index (χ0n) is 16.3. The normalized spacial score (nSPS) is 25.6. The Kier molecular flexibility index (Phi) is 5.21. The highest BCUT2D eigenvalue weighted by molar-refractivity contribution is 5.92. The third kappa shape index (κ3) is 3.61. The molecule has 7 nitrogen and oxygen atoms in total. The minimum atomic E-state index is -0.173. The molecule has 1 spiro atoms. The Bertz CT molecular complexity index is 688. The van der Waals surface area contributed by atoms with Crippen LogP contribution in [-0.4, -0.2) is 69.7 Å². The van der Waals surface area contributed by atoms with Gasteiger partial charge in [0, 0.05) is 39.3 Å². The average molecular weight is 374 g/mol. The van der Waals surface area contributed by atoms with Gasteiger partial charge in [-0.25, -0.2) is 0 Å². The van der Waals surface area contributed by atoms with Gasteiger partial charge in [0.15, 0.2) is 0 Å². The highest BCUT2D eigenvalue weighted by Crippen LogP contribution is 2.37. The van der Waals surface area contributed by atoms with E-state index in [4.69, 9.17) is 0 Å². The van der Waals surface area contributed by atoms with Crippen LogP contribution in [0.15, 0.2) is 12.3 Å². The van der Waals surface area contributed by atoms with E-state index in [1.165, 1.54) is 6.42 Å². The SMILES string of the molecule is CC(=O)N1CCN(C(=O)c2ccn(C3CCCNC3)n2)CC12CCCCC2. The maximum atomic E-state index is 13.1. The molecule has 1 aromatic heterocycles. The summed E-state index contributed by atoms with van der Waals surface area (Å²) in [5.74, 6) is 0.142. The molecular weight excluding hydrogens is 342 g/mol. The second-order valence-corrected chi connectivity index (χ2v) is 8.36. The number of nitrogens with zero attached hydrogens (tertiary/aromatic N) is 4. The van der Waals surface area contributed by atoms with Gasteiger partial charge in [0.05, 0.1) is 11.6 Å². The van der Waals surface area contributed by atoms with Gasteiger partial charge in [-0.15, -0.1) is 0 Å². The van der Waals surface area contributed by atoms with Crippen LogP contribution in [0.4, 0.5) is 0 Å². The molecule has 2 aliphatic heterocycles. The molecule has 7 heteroatoms. The Hall–Kier alpha value is -1.89. The zero-order chi connectivity index (χ0) is 18.9. The minimum absolute atomic E-state index is 0.00525. The van der Waals surface area contributed by atoms with Crippen LogP contribution in [0.25, 0.3) is 0 Å². The number of carbonyl (C=O) groups is 2. The lowest BCUT2D eigenvalue weighted by atomic mass is 9.78. The summed E-state index contributed by atoms with van der Waals surface area (Å²) in [6.07, 6.45) is 9.67. The van der Waals surface area contributed by atoms with Crippen LogP contribution >= 0.6 is 0 Å². The Balaban J connectivity index is 1.49. The quantitative estimate of drug-likeness (QED) is 0.858. The molecule has 27 heavy (non-hydrogen) atoms. The molecule has 2 amide bonds. The molecule has 1 atom stereocenters. The first-order chi connectivity index (χ1) is 13.1. The Labute approximate surface area is 161 Å². The number of amides is 2. The van der Waals surface area contributed by atoms with E-state index in [2.05, 4.69) is 10.4 Å². The van der Waals surface area contributed by atoms with E-state index >= 15 is 0 Å². The summed E-state index contributed by atoms with van der Waals surface area (Å²) < 4.78 is 1.95. The second-order valence-electron chi connectivity index (χ2n) is 8.36. The van der Waals surface area contributed by atoms with Crippen molar-refractivity contribution in [2.45, 2.75) is 63.5 Å². The van der Waals surface area contributed by atoms with E-state index in [0.717, 1.165) is 51.6 Å². The van der Waals surface area contributed by atoms with E-state index in [9.17, 15) is 9.59 Å². The average Bonchev–Trinajstić information content (AvgIpc) is 3.18. The van der Waals surface area contributed by atoms with Crippen LogP contribution in [-0.2, 0) is 4.79 Å². The van der Waals surface area contributed by atoms with Gasteiger partial charge in [-0.1, -0.05) is 19.3 Å². The molecule has 148 valence electrons. The predicted molar refractivity (Wildman–Crippen MR) is 102 cm³/mol. The first-order valence-electron chi connectivity index (χ1n) is 10.4. The molecule has 0 bridgehead atoms. The molecule has 1 aliphatic carbocycles. The van der Waals surface area contributed by atoms with Crippen molar-refractivity contribution in [1.82, 2.24) is 24.9 Å². The summed E-state index contributed by atoms with van der Waals surface area (Å²) in [7, 11) is 0. The molecule has 3 heterocycles. The number of carbonyl (C=O) groups excluding carboxylic acids is 2. The number of nitrogens with one attached hydrogen (secondary N) is 1. The van der Waals surface area contributed by atoms with Crippen LogP contribution in [0.5, 0.6) is 0 Å². The lowest BCUT2D eigenvalue weighted by Gasteiger charge is -2.52. The molecule has 2 saturated heterocycles. The summed E-state index contributed by atoms with van der Waals surface area (Å²) >= 11 is 0. The zero-order valence-corrected chi connectivity index (χ0v) is 16.3. The smallest absolute Gasteiger partial charge is 0.274 e. The molecule has 3 aliphatic rings. The van der Waals surface area contributed by atoms with Crippen molar-refractivity contribution in [1.29, 1.82) is 0 Å². The van der Waals surface area contributed by atoms with Crippen molar-refractivity contribution in [3.63, 3.8) is 0 Å². The van der Waals surface area contributed by atoms with Crippen molar-refractivity contribution in [3.05, 3.63) is 18.0 Å². The lowest BCUT2D eigenvalue weighted by Crippen LogP contribution is -2.65. The molecule has 1 aromatic rings. The van der Waals surface area contributed by atoms with E-state index in [1.54, 1.807) is 6.92 Å². The van der Waals surface area contributed by atoms with Crippen molar-refractivity contribution in [3.8, 4) is 0 Å². The summed E-state index contributed by atoms with van der Waals surface area (Å²) in [5, 5.41) is 8.00. The summed E-state index contributed by atoms with van der Waals surface area (Å²) in [5.41, 5.74) is 0.358. The number of piperazine rings is 1. The number of hydrogen-bond donors (Lipinski definition) is 1. The van der Waals surface area contributed by atoms with Gasteiger partial charge in [-0.3, -0.25) is 14.3 Å². The summed E-state index contributed by atoms with van der Waals surface area (Å²) in [6.45, 7) is 5.51. The third-order valence-corrected chi connectivity index (χ3v) is 6.58. The van der Waals surface area contributed by atoms with Crippen LogP contribution in [0.1, 0.15) is 68.4 Å². The molecule has 1 unspecified atom stereocenters. The monoisotopic (exact) mass is 373 g/mol. The highest BCUT2D eigenvalue weighted by atomic mass is 16.2. The van der Waals surface area contributed by atoms with Gasteiger partial charge in [0.25, 0.3) is 5.91 Å². The number of piperidine rings is 1. The fourth-order valence-electron chi connectivity index (χ4n) is 5.16. The van der Waals surface area contributed by atoms with E-state index in [1.807, 2.05) is 26.7 Å². The topological polar surface area (TPSA) is 70.5 Å². The van der Waals surface area contributed by atoms with E-state index in [0.29, 0.717) is 31.4 Å². The highest BCUT2D eigenvalue weighted by Gasteiger charge is 2.45. The molecule has 1 saturated carbocycles. The number of hydrogen-bond acceptors (Lipinski definition) is 4. The third-order valence-electron chi connectivity index (χ3n) is 6.58. The maximum Gasteiger partial charge on any atom is 0.274 e. The van der Waals surface area contributed by atoms with E-state index in [-0.39, 0.29) is 17.4 Å². The van der Waals surface area contributed by atoms with Crippen LogP contribution < -0.4 is 5.32 Å². The Morgan fingerprint density at radius 3 is 2.70 bits per heavy atom. The standard InChI is InChI=1S/C20H31N5O2/c1-16(26)24-13-12-23(15-20(24)8-3-2-4-9-20)19(27)18-7-11-25(22-18)17-6-5-10-21-14-17/h7,11,17,21H,2-6,8-10,12-15H2,1H3. The largest absolute Gasteiger partial charge is 0.334 e. The molecule has 1 N–H and O–H groups in total. The first kappa shape index (κ1) is 18.5. The second kappa shape index (κ2) is 7.62. The lowest BCUT2D eigenvalue weighted by molar-refractivity contribution is -0.141. The van der Waals surface area contributed by atoms with Crippen molar-refractivity contribution < 1.29 is 9.59 Å². The van der Waals surface area contributed by atoms with Gasteiger partial charge >= 0.3 is 0 Å². The van der Waals surface area contributed by atoms with Gasteiger partial charge in [0.1, 0.15) is 5.69 Å². The molecule has 0 aromatic carbocycles. The van der Waals surface area contributed by atoms with Gasteiger partial charge < -0.3 is 15.1 Å². The number of rotatable bonds is 2. The minimum Gasteiger partial charge on any atom is -0.334 e. The van der Waals surface area contributed by atoms with E-state index < -0.39 is 0 Å². The summed E-state index contributed by atoms with van der Waals surface area (Å²) in [6, 6.07) is 2.18. The Morgan fingerprint density at radius 2 is 2.00 bits per heavy atom. The molecule has 3 fully saturated rings. The molecule has 0 radical (unpaired) electrons. The van der Waals surface area contributed by atoms with Crippen LogP contribution in [0.2, 0.25) is 0 Å². The predicted octanol–water partition coefficient (Wildman–Crippen LogP) is 1.81. The van der Waals surface area contributed by atoms with Gasteiger partial charge in [-0.2, -0.15) is 5.10 Å². The first-order valence-corrected chi connectivity index (χ1v) is 10.4. The summed E-state index contributed by atoms with van der Waals surface area (Å²) in [4.78, 5) is 29.3. The fourth-order valence-corrected chi connectivity index (χ4v) is 5.16. The maximum absolute atomic E-state index is 13.1. The number of aromatic nitrogens is 2. The van der Waals surface area contributed by atoms with Gasteiger partial charge in [-0.05, 0) is 38.3 Å². The van der Waals surface area contributed by atoms with Crippen molar-refractivity contribution in [2.75, 3.05) is 32.7 Å². The Morgan fingerprint density at radius 1 is 1.19 bits per heavy atom. The van der Waals surface area contributed by atoms with Crippen molar-refractivity contribution >= 4 is 11.8 Å². The molecular formula is C20H31N5O2. The van der Waals surface area contributed by atoms with Gasteiger partial charge in [0.2, 0.25) is 5.91 Å².